The number of thiazole rings is 1. The molecule has 0 saturated carbocycles. The van der Waals surface area contributed by atoms with Crippen LogP contribution in [0.15, 0.2) is 66.2 Å². The molecule has 4 nitrogen and oxygen atoms in total. The summed E-state index contributed by atoms with van der Waals surface area (Å²) >= 11 is 1.43. The van der Waals surface area contributed by atoms with Gasteiger partial charge in [-0.05, 0) is 31.2 Å². The molecule has 3 aromatic rings. The third-order valence-electron chi connectivity index (χ3n) is 3.60. The molecular weight excluding hydrogens is 330 g/mol. The van der Waals surface area contributed by atoms with Gasteiger partial charge in [-0.3, -0.25) is 4.79 Å². The summed E-state index contributed by atoms with van der Waals surface area (Å²) in [5, 5.41) is 15.1. The van der Waals surface area contributed by atoms with Crippen molar-refractivity contribution in [3.05, 3.63) is 76.7 Å². The number of anilines is 1. The number of benzene rings is 2. The van der Waals surface area contributed by atoms with Crippen molar-refractivity contribution >= 4 is 28.4 Å². The van der Waals surface area contributed by atoms with Gasteiger partial charge < -0.3 is 5.32 Å². The number of aromatic nitrogens is 1. The average molecular weight is 345 g/mol. The maximum absolute atomic E-state index is 11.3. The van der Waals surface area contributed by atoms with E-state index in [4.69, 9.17) is 0 Å². The van der Waals surface area contributed by atoms with Crippen molar-refractivity contribution in [2.24, 2.45) is 0 Å². The second-order valence-electron chi connectivity index (χ2n) is 5.35. The number of carbonyl (C=O) groups is 1. The Morgan fingerprint density at radius 3 is 2.52 bits per heavy atom. The van der Waals surface area contributed by atoms with Crippen LogP contribution in [-0.4, -0.2) is 10.8 Å². The number of hydrogen-bond acceptors (Lipinski definition) is 5. The SMILES string of the molecule is CC(=O)c1ccc(NC=C(C#N)c2nc(-c3ccccc3)cs2)cc1. The van der Waals surface area contributed by atoms with E-state index in [2.05, 4.69) is 16.4 Å². The van der Waals surface area contributed by atoms with Gasteiger partial charge in [0.2, 0.25) is 0 Å². The predicted octanol–water partition coefficient (Wildman–Crippen LogP) is 4.99. The van der Waals surface area contributed by atoms with Gasteiger partial charge in [0.15, 0.2) is 5.78 Å². The molecule has 0 spiro atoms. The van der Waals surface area contributed by atoms with Crippen molar-refractivity contribution < 1.29 is 4.79 Å². The molecule has 1 aromatic heterocycles. The van der Waals surface area contributed by atoms with Gasteiger partial charge >= 0.3 is 0 Å². The smallest absolute Gasteiger partial charge is 0.159 e. The van der Waals surface area contributed by atoms with Gasteiger partial charge in [0.25, 0.3) is 0 Å². The zero-order valence-electron chi connectivity index (χ0n) is 13.6. The first-order chi connectivity index (χ1) is 12.2. The summed E-state index contributed by atoms with van der Waals surface area (Å²) in [6, 6.07) is 19.1. The first kappa shape index (κ1) is 16.6. The molecule has 5 heteroatoms. The molecule has 25 heavy (non-hydrogen) atoms. The standard InChI is InChI=1S/C20H15N3OS/c1-14(24)15-7-9-18(10-8-15)22-12-17(11-21)20-23-19(13-25-20)16-5-3-2-4-6-16/h2-10,12-13,22H,1H3. The number of hydrogen-bond donors (Lipinski definition) is 1. The topological polar surface area (TPSA) is 65.8 Å². The van der Waals surface area contributed by atoms with E-state index in [0.717, 1.165) is 16.9 Å². The van der Waals surface area contributed by atoms with Crippen LogP contribution in [0.5, 0.6) is 0 Å². The average Bonchev–Trinajstić information content (AvgIpc) is 3.13. The summed E-state index contributed by atoms with van der Waals surface area (Å²) in [6.07, 6.45) is 1.64. The van der Waals surface area contributed by atoms with Gasteiger partial charge in [-0.2, -0.15) is 5.26 Å². The first-order valence-electron chi connectivity index (χ1n) is 7.66. The van der Waals surface area contributed by atoms with Gasteiger partial charge in [-0.25, -0.2) is 4.98 Å². The van der Waals surface area contributed by atoms with Gasteiger partial charge in [0, 0.05) is 28.4 Å². The van der Waals surface area contributed by atoms with Crippen molar-refractivity contribution in [1.82, 2.24) is 4.98 Å². The molecule has 1 heterocycles. The minimum absolute atomic E-state index is 0.0241. The second kappa shape index (κ2) is 7.56. The Morgan fingerprint density at radius 2 is 1.88 bits per heavy atom. The minimum Gasteiger partial charge on any atom is -0.360 e. The zero-order chi connectivity index (χ0) is 17.6. The summed E-state index contributed by atoms with van der Waals surface area (Å²) in [7, 11) is 0. The molecule has 0 bridgehead atoms. The van der Waals surface area contributed by atoms with Crippen molar-refractivity contribution in [1.29, 1.82) is 5.26 Å². The Morgan fingerprint density at radius 1 is 1.16 bits per heavy atom. The van der Waals surface area contributed by atoms with Crippen LogP contribution in [0.3, 0.4) is 0 Å². The third-order valence-corrected chi connectivity index (χ3v) is 4.47. The predicted molar refractivity (Wildman–Crippen MR) is 101 cm³/mol. The molecule has 0 aliphatic heterocycles. The van der Waals surface area contributed by atoms with Crippen LogP contribution in [-0.2, 0) is 0 Å². The quantitative estimate of drug-likeness (QED) is 0.522. The van der Waals surface area contributed by atoms with Gasteiger partial charge in [-0.15, -0.1) is 11.3 Å². The molecule has 0 fully saturated rings. The summed E-state index contributed by atoms with van der Waals surface area (Å²) < 4.78 is 0. The Balaban J connectivity index is 1.78. The zero-order valence-corrected chi connectivity index (χ0v) is 14.4. The van der Waals surface area contributed by atoms with E-state index < -0.39 is 0 Å². The lowest BCUT2D eigenvalue weighted by Crippen LogP contribution is -1.94. The summed E-state index contributed by atoms with van der Waals surface area (Å²) in [5.74, 6) is 0.0241. The fourth-order valence-corrected chi connectivity index (χ4v) is 3.03. The Hall–Kier alpha value is -3.23. The summed E-state index contributed by atoms with van der Waals surface area (Å²) in [6.45, 7) is 1.53. The van der Waals surface area contributed by atoms with Crippen LogP contribution in [0.2, 0.25) is 0 Å². The number of ketones is 1. The van der Waals surface area contributed by atoms with Crippen LogP contribution in [0.25, 0.3) is 16.8 Å². The van der Waals surface area contributed by atoms with Crippen LogP contribution in [0, 0.1) is 11.3 Å². The maximum Gasteiger partial charge on any atom is 0.159 e. The van der Waals surface area contributed by atoms with E-state index in [-0.39, 0.29) is 5.78 Å². The highest BCUT2D eigenvalue weighted by molar-refractivity contribution is 7.11. The van der Waals surface area contributed by atoms with E-state index in [1.165, 1.54) is 18.3 Å². The molecule has 0 atom stereocenters. The lowest BCUT2D eigenvalue weighted by Gasteiger charge is -2.02. The molecule has 122 valence electrons. The van der Waals surface area contributed by atoms with E-state index in [9.17, 15) is 10.1 Å². The highest BCUT2D eigenvalue weighted by Gasteiger charge is 2.08. The molecule has 2 aromatic carbocycles. The minimum atomic E-state index is 0.0241. The molecule has 0 radical (unpaired) electrons. The lowest BCUT2D eigenvalue weighted by atomic mass is 10.1. The fourth-order valence-electron chi connectivity index (χ4n) is 2.24. The Kier molecular flexibility index (Phi) is 5.03. The summed E-state index contributed by atoms with van der Waals surface area (Å²) in [5.41, 5.74) is 3.80. The first-order valence-corrected chi connectivity index (χ1v) is 8.54. The van der Waals surface area contributed by atoms with Crippen molar-refractivity contribution in [3.63, 3.8) is 0 Å². The van der Waals surface area contributed by atoms with Crippen LogP contribution in [0.4, 0.5) is 5.69 Å². The van der Waals surface area contributed by atoms with Gasteiger partial charge in [0.05, 0.1) is 5.69 Å². The van der Waals surface area contributed by atoms with E-state index in [0.29, 0.717) is 16.1 Å². The number of Topliss-reactive ketones (excluding diaryl/α,β-unsaturated/α-hetero) is 1. The van der Waals surface area contributed by atoms with E-state index >= 15 is 0 Å². The van der Waals surface area contributed by atoms with Gasteiger partial charge in [-0.1, -0.05) is 30.3 Å². The summed E-state index contributed by atoms with van der Waals surface area (Å²) in [4.78, 5) is 15.8. The molecule has 0 aliphatic rings. The molecule has 0 aliphatic carbocycles. The van der Waals surface area contributed by atoms with Crippen LogP contribution >= 0.6 is 11.3 Å². The number of nitrogens with zero attached hydrogens (tertiary/aromatic N) is 2. The lowest BCUT2D eigenvalue weighted by molar-refractivity contribution is 0.101. The van der Waals surface area contributed by atoms with Crippen LogP contribution < -0.4 is 5.32 Å². The fraction of sp³-hybridized carbons (Fsp3) is 0.0500. The van der Waals surface area contributed by atoms with Crippen molar-refractivity contribution in [2.45, 2.75) is 6.92 Å². The molecule has 0 saturated heterocycles. The largest absolute Gasteiger partial charge is 0.360 e. The van der Waals surface area contributed by atoms with Crippen molar-refractivity contribution in [3.8, 4) is 17.3 Å². The number of carbonyl (C=O) groups excluding carboxylic acids is 1. The Labute approximate surface area is 150 Å². The van der Waals surface area contributed by atoms with E-state index in [1.54, 1.807) is 30.5 Å². The van der Waals surface area contributed by atoms with Crippen molar-refractivity contribution in [2.75, 3.05) is 5.32 Å². The number of rotatable bonds is 5. The molecule has 0 unspecified atom stereocenters. The molecule has 1 N–H and O–H groups in total. The normalized spacial score (nSPS) is 11.0. The molecule has 0 amide bonds. The molecule has 3 rings (SSSR count). The Bertz CT molecular complexity index is 951. The van der Waals surface area contributed by atoms with E-state index in [1.807, 2.05) is 35.7 Å². The van der Waals surface area contributed by atoms with Crippen LogP contribution in [0.1, 0.15) is 22.3 Å². The van der Waals surface area contributed by atoms with Gasteiger partial charge in [0.1, 0.15) is 16.6 Å². The number of allylic oxidation sites excluding steroid dienone is 1. The highest BCUT2D eigenvalue weighted by atomic mass is 32.1. The maximum atomic E-state index is 11.3. The number of nitrogens with one attached hydrogen (secondary N) is 1. The number of nitriles is 1. The second-order valence-corrected chi connectivity index (χ2v) is 6.21. The highest BCUT2D eigenvalue weighted by Crippen LogP contribution is 2.26. The third kappa shape index (κ3) is 4.00. The molecular formula is C20H15N3OS. The monoisotopic (exact) mass is 345 g/mol.